The average molecular weight is 440 g/mol. The van der Waals surface area contributed by atoms with Crippen molar-refractivity contribution < 1.29 is 23.7 Å². The Bertz CT molecular complexity index is 607. The third kappa shape index (κ3) is 3.99. The number of likely N-dealkylation sites (tertiary alicyclic amines) is 1. The van der Waals surface area contributed by atoms with Crippen LogP contribution in [0.25, 0.3) is 0 Å². The fraction of sp³-hybridized carbons (Fsp3) is 0.583. The number of rotatable bonds is 6. The molecule has 1 heterocycles. The first-order valence-electron chi connectivity index (χ1n) is 6.39. The highest BCUT2D eigenvalue weighted by atomic mass is 35.7. The number of nitrogens with zero attached hydrogens (tertiary/aromatic N) is 1. The molecule has 4 unspecified atom stereocenters. The first-order chi connectivity index (χ1) is 10.8. The van der Waals surface area contributed by atoms with Gasteiger partial charge >= 0.3 is 5.97 Å². The maximum Gasteiger partial charge on any atom is 0.334 e. The van der Waals surface area contributed by atoms with Gasteiger partial charge in [-0.15, -0.1) is 0 Å². The average Bonchev–Trinajstić information content (AvgIpc) is 2.37. The Hall–Kier alpha value is -0.540. The molecule has 1 rings (SSSR count). The molecule has 136 valence electrons. The molecule has 2 amide bonds. The lowest BCUT2D eigenvalue weighted by Gasteiger charge is -2.54. The zero-order valence-corrected chi connectivity index (χ0v) is 16.4. The van der Waals surface area contributed by atoms with Gasteiger partial charge in [0.25, 0.3) is 5.91 Å². The monoisotopic (exact) mass is 438 g/mol. The quantitative estimate of drug-likeness (QED) is 0.284. The molecule has 0 bridgehead atoms. The summed E-state index contributed by atoms with van der Waals surface area (Å²) in [5.74, 6) is -2.91. The van der Waals surface area contributed by atoms with Gasteiger partial charge in [0.2, 0.25) is 5.91 Å². The molecule has 0 radical (unpaired) electrons. The maximum absolute atomic E-state index is 12.4. The molecule has 24 heavy (non-hydrogen) atoms. The summed E-state index contributed by atoms with van der Waals surface area (Å²) in [6, 6.07) is -1.24. The van der Waals surface area contributed by atoms with Crippen LogP contribution in [0, 0.1) is 0 Å². The van der Waals surface area contributed by atoms with E-state index in [9.17, 15) is 23.7 Å². The van der Waals surface area contributed by atoms with E-state index in [4.69, 9.17) is 45.5 Å². The van der Waals surface area contributed by atoms with E-state index >= 15 is 0 Å². The van der Waals surface area contributed by atoms with Crippen molar-refractivity contribution in [2.75, 3.05) is 0 Å². The number of alkyl halides is 3. The van der Waals surface area contributed by atoms with Crippen molar-refractivity contribution in [3.8, 4) is 0 Å². The largest absolute Gasteiger partial charge is 0.479 e. The first kappa shape index (κ1) is 21.5. The molecule has 0 saturated carbocycles. The Labute approximate surface area is 160 Å². The minimum absolute atomic E-state index is 0.0249. The topological polar surface area (TPSA) is 104 Å². The van der Waals surface area contributed by atoms with Crippen LogP contribution in [-0.2, 0) is 24.4 Å². The van der Waals surface area contributed by atoms with Crippen LogP contribution in [0.1, 0.15) is 20.3 Å². The van der Waals surface area contributed by atoms with Crippen molar-refractivity contribution in [2.24, 2.45) is 0 Å². The molecule has 1 aliphatic rings. The minimum Gasteiger partial charge on any atom is -0.479 e. The molecule has 0 aromatic carbocycles. The lowest BCUT2D eigenvalue weighted by Crippen LogP contribution is -2.79. The number of nitrogens with one attached hydrogen (secondary N) is 1. The van der Waals surface area contributed by atoms with Crippen molar-refractivity contribution >= 4 is 73.3 Å². The van der Waals surface area contributed by atoms with E-state index in [0.717, 1.165) is 11.8 Å². The number of amides is 2. The van der Waals surface area contributed by atoms with Crippen LogP contribution < -0.4 is 5.32 Å². The molecule has 1 aliphatic heterocycles. The number of hydrogen-bond acceptors (Lipinski definition) is 4. The maximum atomic E-state index is 12.4. The van der Waals surface area contributed by atoms with Gasteiger partial charge in [0.15, 0.2) is 14.7 Å². The number of carbonyl (C=O) groups is 3. The number of carbonyl (C=O) groups excluding carboxylic acids is 2. The smallest absolute Gasteiger partial charge is 0.334 e. The molecule has 0 aromatic rings. The fourth-order valence-electron chi connectivity index (χ4n) is 2.50. The summed E-state index contributed by atoms with van der Waals surface area (Å²) in [7, 11) is 3.41. The molecule has 2 N–H and O–H groups in total. The highest BCUT2D eigenvalue weighted by Gasteiger charge is 2.64. The van der Waals surface area contributed by atoms with Gasteiger partial charge < -0.3 is 15.3 Å². The molecule has 0 spiro atoms. The highest BCUT2D eigenvalue weighted by Crippen LogP contribution is 2.45. The molecule has 1 fully saturated rings. The van der Waals surface area contributed by atoms with E-state index < -0.39 is 55.0 Å². The Kier molecular flexibility index (Phi) is 6.60. The van der Waals surface area contributed by atoms with Gasteiger partial charge in [-0.1, -0.05) is 41.4 Å². The van der Waals surface area contributed by atoms with Crippen LogP contribution in [-0.4, -0.2) is 52.7 Å². The summed E-state index contributed by atoms with van der Waals surface area (Å²) in [6.45, 7) is 6.05. The van der Waals surface area contributed by atoms with E-state index in [1.807, 2.05) is 0 Å². The molecular weight excluding hydrogens is 426 g/mol. The number of carboxylic acids is 1. The van der Waals surface area contributed by atoms with Crippen molar-refractivity contribution in [3.63, 3.8) is 0 Å². The van der Waals surface area contributed by atoms with Crippen LogP contribution in [0.15, 0.2) is 12.2 Å². The summed E-state index contributed by atoms with van der Waals surface area (Å²) in [5, 5.41) is 10.7. The molecule has 0 aromatic heterocycles. The van der Waals surface area contributed by atoms with Crippen molar-refractivity contribution in [3.05, 3.63) is 12.2 Å². The second-order valence-corrected chi connectivity index (χ2v) is 9.67. The van der Waals surface area contributed by atoms with Gasteiger partial charge in [-0.2, -0.15) is 0 Å². The molecule has 0 aliphatic carbocycles. The zero-order chi connectivity index (χ0) is 19.0. The predicted octanol–water partition coefficient (Wildman–Crippen LogP) is 1.72. The standard InChI is InChI=1S/C12H14Cl4N2O5S/c1-5(2)11(10(21)22,4-12(13,14)15)18-8(20)7(17-6(3)19)9(18)24(16)23/h7,9H,1,4H2,2-3H3,(H,17,19)(H,21,22). The van der Waals surface area contributed by atoms with Crippen LogP contribution in [0.3, 0.4) is 0 Å². The van der Waals surface area contributed by atoms with Crippen LogP contribution in [0.2, 0.25) is 0 Å². The molecule has 7 nitrogen and oxygen atoms in total. The van der Waals surface area contributed by atoms with Crippen molar-refractivity contribution in [1.82, 2.24) is 10.2 Å². The molecule has 1 saturated heterocycles. The summed E-state index contributed by atoms with van der Waals surface area (Å²) >= 11 is 17.2. The summed E-state index contributed by atoms with van der Waals surface area (Å²) in [6.07, 6.45) is -0.640. The van der Waals surface area contributed by atoms with Gasteiger partial charge in [-0.3, -0.25) is 9.59 Å². The summed E-state index contributed by atoms with van der Waals surface area (Å²) < 4.78 is 9.79. The molecular formula is C12H14Cl4N2O5S. The lowest BCUT2D eigenvalue weighted by atomic mass is 9.82. The normalized spacial score (nSPS) is 24.6. The Morgan fingerprint density at radius 2 is 1.88 bits per heavy atom. The second kappa shape index (κ2) is 7.37. The Morgan fingerprint density at radius 1 is 1.38 bits per heavy atom. The van der Waals surface area contributed by atoms with Crippen LogP contribution in [0.4, 0.5) is 0 Å². The van der Waals surface area contributed by atoms with E-state index in [0.29, 0.717) is 0 Å². The molecule has 12 heteroatoms. The van der Waals surface area contributed by atoms with E-state index in [-0.39, 0.29) is 5.57 Å². The number of carboxylic acid groups (broad SMARTS) is 1. The lowest BCUT2D eigenvalue weighted by molar-refractivity contribution is -0.169. The van der Waals surface area contributed by atoms with Crippen molar-refractivity contribution in [1.29, 1.82) is 0 Å². The van der Waals surface area contributed by atoms with Gasteiger partial charge in [0.1, 0.15) is 16.1 Å². The highest BCUT2D eigenvalue weighted by molar-refractivity contribution is 8.08. The SMILES string of the molecule is C=C(C)C(CC(Cl)(Cl)Cl)(C(=O)O)N1C(=O)C(NC(C)=O)C1S(=O)Cl. The molecule has 4 atom stereocenters. The second-order valence-electron chi connectivity index (χ2n) is 5.26. The Morgan fingerprint density at radius 3 is 2.17 bits per heavy atom. The van der Waals surface area contributed by atoms with E-state index in [2.05, 4.69) is 11.9 Å². The number of aliphatic carboxylic acids is 1. The number of halogens is 4. The van der Waals surface area contributed by atoms with Crippen LogP contribution in [0.5, 0.6) is 0 Å². The van der Waals surface area contributed by atoms with E-state index in [1.165, 1.54) is 6.92 Å². The predicted molar refractivity (Wildman–Crippen MR) is 92.3 cm³/mol. The van der Waals surface area contributed by atoms with Crippen LogP contribution >= 0.6 is 45.5 Å². The zero-order valence-electron chi connectivity index (χ0n) is 12.5. The third-order valence-corrected chi connectivity index (χ3v) is 5.33. The number of hydrogen-bond donors (Lipinski definition) is 2. The van der Waals surface area contributed by atoms with Gasteiger partial charge in [0, 0.05) is 13.3 Å². The summed E-state index contributed by atoms with van der Waals surface area (Å²) in [4.78, 5) is 36.3. The number of β-lactam (4-membered cyclic amide) rings is 1. The third-order valence-electron chi connectivity index (χ3n) is 3.52. The van der Waals surface area contributed by atoms with Gasteiger partial charge in [-0.05, 0) is 23.2 Å². The first-order valence-corrected chi connectivity index (χ1v) is 9.56. The van der Waals surface area contributed by atoms with E-state index in [1.54, 1.807) is 0 Å². The van der Waals surface area contributed by atoms with Gasteiger partial charge in [0.05, 0.1) is 0 Å². The van der Waals surface area contributed by atoms with Crippen molar-refractivity contribution in [2.45, 2.75) is 41.0 Å². The fourth-order valence-corrected chi connectivity index (χ4v) is 4.48. The van der Waals surface area contributed by atoms with Gasteiger partial charge in [-0.25, -0.2) is 9.00 Å². The Balaban J connectivity index is 3.44. The minimum atomic E-state index is -2.20. The summed E-state index contributed by atoms with van der Waals surface area (Å²) in [5.41, 5.74) is -2.17.